The molecular weight excluding hydrogens is 426 g/mol. The number of hydrogen-bond donors (Lipinski definition) is 2. The quantitative estimate of drug-likeness (QED) is 0.562. The van der Waals surface area contributed by atoms with Crippen LogP contribution in [-0.2, 0) is 11.2 Å². The summed E-state index contributed by atoms with van der Waals surface area (Å²) in [5.74, 6) is -0.269. The maximum atomic E-state index is 13.4. The number of aliphatic hydroxyl groups is 2. The van der Waals surface area contributed by atoms with E-state index in [9.17, 15) is 9.90 Å². The van der Waals surface area contributed by atoms with Gasteiger partial charge in [-0.2, -0.15) is 0 Å². The number of rotatable bonds is 9. The molecule has 2 aromatic rings. The van der Waals surface area contributed by atoms with E-state index >= 15 is 0 Å². The predicted molar refractivity (Wildman–Crippen MR) is 135 cm³/mol. The summed E-state index contributed by atoms with van der Waals surface area (Å²) in [6.45, 7) is 6.16. The third kappa shape index (κ3) is 6.20. The van der Waals surface area contributed by atoms with Crippen LogP contribution in [0.2, 0.25) is 0 Å². The second-order valence-corrected chi connectivity index (χ2v) is 9.19. The fraction of sp³-hybridized carbons (Fsp3) is 0.429. The summed E-state index contributed by atoms with van der Waals surface area (Å²) >= 11 is 0. The molecule has 2 aliphatic rings. The molecule has 6 nitrogen and oxygen atoms in total. The summed E-state index contributed by atoms with van der Waals surface area (Å²) < 4.78 is 0. The van der Waals surface area contributed by atoms with Gasteiger partial charge in [-0.25, -0.2) is 0 Å². The van der Waals surface area contributed by atoms with Crippen molar-refractivity contribution in [1.82, 2.24) is 9.80 Å². The average Bonchev–Trinajstić information content (AvgIpc) is 2.87. The van der Waals surface area contributed by atoms with E-state index in [1.165, 1.54) is 0 Å². The van der Waals surface area contributed by atoms with Gasteiger partial charge >= 0.3 is 0 Å². The maximum Gasteiger partial charge on any atom is 0.175 e. The highest BCUT2D eigenvalue weighted by atomic mass is 16.3. The molecule has 0 radical (unpaired) electrons. The van der Waals surface area contributed by atoms with Crippen LogP contribution in [0.15, 0.2) is 77.0 Å². The van der Waals surface area contributed by atoms with Gasteiger partial charge in [0.05, 0.1) is 18.7 Å². The Balaban J connectivity index is 1.45. The second kappa shape index (κ2) is 12.1. The third-order valence-electron chi connectivity index (χ3n) is 6.94. The lowest BCUT2D eigenvalue weighted by molar-refractivity contribution is -0.117. The molecule has 0 saturated carbocycles. The Labute approximate surface area is 202 Å². The van der Waals surface area contributed by atoms with Crippen LogP contribution in [-0.4, -0.2) is 84.4 Å². The number of piperazine rings is 1. The third-order valence-corrected chi connectivity index (χ3v) is 6.94. The number of aliphatic hydroxyl groups excluding tert-OH is 2. The van der Waals surface area contributed by atoms with Crippen LogP contribution in [0.1, 0.15) is 23.5 Å². The Morgan fingerprint density at radius 2 is 1.53 bits per heavy atom. The Hall–Kier alpha value is -2.80. The van der Waals surface area contributed by atoms with Crippen molar-refractivity contribution in [3.05, 3.63) is 83.1 Å². The topological polar surface area (TPSA) is 76.4 Å². The Morgan fingerprint density at radius 1 is 0.912 bits per heavy atom. The Morgan fingerprint density at radius 3 is 2.18 bits per heavy atom. The van der Waals surface area contributed by atoms with Gasteiger partial charge < -0.3 is 10.2 Å². The van der Waals surface area contributed by atoms with Gasteiger partial charge in [0.15, 0.2) is 5.78 Å². The molecule has 2 N–H and O–H groups in total. The standard InChI is InChI=1S/C28H35N3O3/c32-18-17-31-15-13-30(14-16-31)12-11-29-21-26-27(33)24(19-22-7-3-1-4-8-22)20-25(28(26)34)23-9-5-2-6-10-23/h1-10,21,24-25,32-33H,11-20H2/t24-,25?/m0/s1. The van der Waals surface area contributed by atoms with E-state index in [2.05, 4.69) is 26.9 Å². The molecular formula is C28H35N3O3. The highest BCUT2D eigenvalue weighted by Gasteiger charge is 2.36. The van der Waals surface area contributed by atoms with Crippen molar-refractivity contribution in [2.75, 3.05) is 52.4 Å². The highest BCUT2D eigenvalue weighted by molar-refractivity contribution is 6.17. The molecule has 0 spiro atoms. The molecule has 6 heteroatoms. The lowest BCUT2D eigenvalue weighted by Crippen LogP contribution is -2.47. The van der Waals surface area contributed by atoms with Gasteiger partial charge in [-0.3, -0.25) is 19.6 Å². The predicted octanol–water partition coefficient (Wildman–Crippen LogP) is 3.09. The summed E-state index contributed by atoms with van der Waals surface area (Å²) in [5, 5.41) is 20.2. The zero-order valence-electron chi connectivity index (χ0n) is 19.7. The number of ketones is 1. The van der Waals surface area contributed by atoms with E-state index in [1.54, 1.807) is 6.21 Å². The van der Waals surface area contributed by atoms with Gasteiger partial charge in [-0.05, 0) is 24.0 Å². The SMILES string of the molecule is O=C1C(C=NCCN2CCN(CCO)CC2)=C(O)[C@@H](Cc2ccccc2)CC1c1ccccc1. The van der Waals surface area contributed by atoms with Crippen molar-refractivity contribution in [3.8, 4) is 0 Å². The molecule has 34 heavy (non-hydrogen) atoms. The van der Waals surface area contributed by atoms with E-state index in [0.29, 0.717) is 25.0 Å². The second-order valence-electron chi connectivity index (χ2n) is 9.19. The number of carbonyl (C=O) groups is 1. The smallest absolute Gasteiger partial charge is 0.175 e. The number of hydrogen-bond acceptors (Lipinski definition) is 6. The summed E-state index contributed by atoms with van der Waals surface area (Å²) in [5.41, 5.74) is 2.50. The first kappa shape index (κ1) is 24.3. The van der Waals surface area contributed by atoms with E-state index in [4.69, 9.17) is 5.11 Å². The van der Waals surface area contributed by atoms with Crippen molar-refractivity contribution in [2.24, 2.45) is 10.9 Å². The molecule has 0 aromatic heterocycles. The number of carbonyl (C=O) groups excluding carboxylic acids is 1. The molecule has 2 aromatic carbocycles. The van der Waals surface area contributed by atoms with Crippen LogP contribution < -0.4 is 0 Å². The zero-order chi connectivity index (χ0) is 23.8. The fourth-order valence-electron chi connectivity index (χ4n) is 4.95. The van der Waals surface area contributed by atoms with Crippen molar-refractivity contribution in [1.29, 1.82) is 0 Å². The van der Waals surface area contributed by atoms with Crippen LogP contribution in [0.4, 0.5) is 0 Å². The van der Waals surface area contributed by atoms with E-state index in [-0.39, 0.29) is 30.0 Å². The molecule has 2 atom stereocenters. The lowest BCUT2D eigenvalue weighted by Gasteiger charge is -2.33. The summed E-state index contributed by atoms with van der Waals surface area (Å²) in [6, 6.07) is 20.0. The van der Waals surface area contributed by atoms with Crippen LogP contribution in [0.25, 0.3) is 0 Å². The van der Waals surface area contributed by atoms with E-state index in [0.717, 1.165) is 50.4 Å². The Bertz CT molecular complexity index is 982. The minimum absolute atomic E-state index is 0.0469. The summed E-state index contributed by atoms with van der Waals surface area (Å²) in [7, 11) is 0. The monoisotopic (exact) mass is 461 g/mol. The maximum absolute atomic E-state index is 13.4. The van der Waals surface area contributed by atoms with Gasteiger partial charge in [-0.1, -0.05) is 60.7 Å². The molecule has 1 fully saturated rings. The van der Waals surface area contributed by atoms with Gasteiger partial charge in [0.1, 0.15) is 5.76 Å². The minimum atomic E-state index is -0.271. The minimum Gasteiger partial charge on any atom is -0.511 e. The van der Waals surface area contributed by atoms with Gasteiger partial charge in [0, 0.05) is 57.3 Å². The molecule has 4 rings (SSSR count). The molecule has 1 aliphatic carbocycles. The Kier molecular flexibility index (Phi) is 8.63. The molecule has 1 aliphatic heterocycles. The van der Waals surface area contributed by atoms with Gasteiger partial charge in [-0.15, -0.1) is 0 Å². The molecule has 180 valence electrons. The molecule has 1 unspecified atom stereocenters. The first-order chi connectivity index (χ1) is 16.7. The highest BCUT2D eigenvalue weighted by Crippen LogP contribution is 2.37. The first-order valence-electron chi connectivity index (χ1n) is 12.3. The van der Waals surface area contributed by atoms with Crippen LogP contribution in [0.3, 0.4) is 0 Å². The molecule has 0 amide bonds. The number of nitrogens with zero attached hydrogens (tertiary/aromatic N) is 3. The molecule has 1 saturated heterocycles. The fourth-order valence-corrected chi connectivity index (χ4v) is 4.95. The van der Waals surface area contributed by atoms with Crippen molar-refractivity contribution < 1.29 is 15.0 Å². The summed E-state index contributed by atoms with van der Waals surface area (Å²) in [6.07, 6.45) is 2.89. The molecule has 0 bridgehead atoms. The van der Waals surface area contributed by atoms with Gasteiger partial charge in [0.2, 0.25) is 0 Å². The van der Waals surface area contributed by atoms with Crippen molar-refractivity contribution in [2.45, 2.75) is 18.8 Å². The number of benzene rings is 2. The van der Waals surface area contributed by atoms with E-state index < -0.39 is 0 Å². The summed E-state index contributed by atoms with van der Waals surface area (Å²) in [4.78, 5) is 22.6. The van der Waals surface area contributed by atoms with Gasteiger partial charge in [0.25, 0.3) is 0 Å². The van der Waals surface area contributed by atoms with E-state index in [1.807, 2.05) is 48.5 Å². The normalized spacial score (nSPS) is 22.6. The molecule has 1 heterocycles. The number of aliphatic imine (C=N–C) groups is 1. The number of Topliss-reactive ketones (excluding diaryl/α,β-unsaturated/α-hetero) is 1. The largest absolute Gasteiger partial charge is 0.511 e. The van der Waals surface area contributed by atoms with Crippen LogP contribution in [0.5, 0.6) is 0 Å². The first-order valence-corrected chi connectivity index (χ1v) is 12.3. The average molecular weight is 462 g/mol. The number of allylic oxidation sites excluding steroid dienone is 2. The number of β-amino-alcohol motifs (C(OH)–C–C–N with tert-alkyl or cyclic N) is 1. The van der Waals surface area contributed by atoms with Crippen LogP contribution in [0, 0.1) is 5.92 Å². The zero-order valence-corrected chi connectivity index (χ0v) is 19.7. The van der Waals surface area contributed by atoms with Crippen molar-refractivity contribution in [3.63, 3.8) is 0 Å². The lowest BCUT2D eigenvalue weighted by atomic mass is 9.75. The van der Waals surface area contributed by atoms with Crippen molar-refractivity contribution >= 4 is 12.0 Å². The van der Waals surface area contributed by atoms with Crippen LogP contribution >= 0.6 is 0 Å².